The molecule has 1 aromatic rings. The van der Waals surface area contributed by atoms with Crippen molar-refractivity contribution < 1.29 is 14.6 Å². The summed E-state index contributed by atoms with van der Waals surface area (Å²) in [6.45, 7) is 5.36. The van der Waals surface area contributed by atoms with Gasteiger partial charge in [0.15, 0.2) is 0 Å². The molecule has 0 amide bonds. The number of hydrogen-bond donors (Lipinski definition) is 1. The molecule has 1 unspecified atom stereocenters. The second-order valence-electron chi connectivity index (χ2n) is 3.00. The van der Waals surface area contributed by atoms with E-state index in [9.17, 15) is 4.79 Å². The zero-order valence-electron chi connectivity index (χ0n) is 8.24. The number of carboxylic acids is 1. The van der Waals surface area contributed by atoms with E-state index in [0.29, 0.717) is 5.75 Å². The normalized spacial score (nSPS) is 11.9. The summed E-state index contributed by atoms with van der Waals surface area (Å²) in [6.07, 6.45) is 1.38. The predicted octanol–water partition coefficient (Wildman–Crippen LogP) is 3.10. The van der Waals surface area contributed by atoms with Crippen LogP contribution in [0, 0.1) is 0 Å². The second kappa shape index (κ2) is 4.98. The fraction of sp³-hybridized carbons (Fsp3) is 0.182. The van der Waals surface area contributed by atoms with Crippen LogP contribution in [0.1, 0.15) is 17.3 Å². The third-order valence-electron chi connectivity index (χ3n) is 1.82. The van der Waals surface area contributed by atoms with E-state index in [1.54, 1.807) is 25.1 Å². The lowest BCUT2D eigenvalue weighted by molar-refractivity contribution is 0.0691. The Morgan fingerprint density at radius 2 is 2.33 bits per heavy atom. The summed E-state index contributed by atoms with van der Waals surface area (Å²) < 4.78 is 6.18. The molecule has 0 radical (unpaired) electrons. The molecule has 80 valence electrons. The molecule has 4 heteroatoms. The standard InChI is InChI=1S/C11H11BrO3/c1-3-7(2)15-10-6-8(12)4-5-9(10)11(13)14/h3-7H,1H2,2H3,(H,13,14). The van der Waals surface area contributed by atoms with E-state index in [0.717, 1.165) is 4.47 Å². The minimum absolute atomic E-state index is 0.145. The molecule has 0 spiro atoms. The van der Waals surface area contributed by atoms with Gasteiger partial charge in [-0.2, -0.15) is 0 Å². The Labute approximate surface area is 96.5 Å². The van der Waals surface area contributed by atoms with E-state index in [-0.39, 0.29) is 11.7 Å². The molecule has 0 bridgehead atoms. The van der Waals surface area contributed by atoms with Crippen LogP contribution in [0.25, 0.3) is 0 Å². The maximum Gasteiger partial charge on any atom is 0.339 e. The van der Waals surface area contributed by atoms with Crippen LogP contribution in [0.2, 0.25) is 0 Å². The topological polar surface area (TPSA) is 46.5 Å². The zero-order valence-corrected chi connectivity index (χ0v) is 9.82. The summed E-state index contributed by atoms with van der Waals surface area (Å²) in [7, 11) is 0. The molecule has 0 heterocycles. The Morgan fingerprint density at radius 1 is 1.67 bits per heavy atom. The number of halogens is 1. The largest absolute Gasteiger partial charge is 0.486 e. The van der Waals surface area contributed by atoms with Gasteiger partial charge in [0, 0.05) is 4.47 Å². The quantitative estimate of drug-likeness (QED) is 0.856. The number of carboxylic acid groups (broad SMARTS) is 1. The van der Waals surface area contributed by atoms with Crippen LogP contribution in [0.3, 0.4) is 0 Å². The van der Waals surface area contributed by atoms with Crippen LogP contribution in [-0.2, 0) is 0 Å². The van der Waals surface area contributed by atoms with Gasteiger partial charge in [-0.05, 0) is 25.1 Å². The van der Waals surface area contributed by atoms with Crippen molar-refractivity contribution in [2.75, 3.05) is 0 Å². The monoisotopic (exact) mass is 270 g/mol. The first-order valence-electron chi connectivity index (χ1n) is 4.36. The maximum atomic E-state index is 10.9. The number of hydrogen-bond acceptors (Lipinski definition) is 2. The smallest absolute Gasteiger partial charge is 0.339 e. The molecule has 1 rings (SSSR count). The maximum absolute atomic E-state index is 10.9. The molecular formula is C11H11BrO3. The van der Waals surface area contributed by atoms with E-state index in [2.05, 4.69) is 22.5 Å². The first kappa shape index (κ1) is 11.8. The molecule has 1 atom stereocenters. The lowest BCUT2D eigenvalue weighted by Crippen LogP contribution is -2.10. The van der Waals surface area contributed by atoms with E-state index >= 15 is 0 Å². The van der Waals surface area contributed by atoms with Crippen molar-refractivity contribution in [3.8, 4) is 5.75 Å². The van der Waals surface area contributed by atoms with Crippen molar-refractivity contribution in [3.05, 3.63) is 40.9 Å². The van der Waals surface area contributed by atoms with Crippen LogP contribution in [0.15, 0.2) is 35.3 Å². The highest BCUT2D eigenvalue weighted by Crippen LogP contribution is 2.24. The minimum atomic E-state index is -1.01. The molecule has 1 aromatic carbocycles. The van der Waals surface area contributed by atoms with Crippen molar-refractivity contribution >= 4 is 21.9 Å². The van der Waals surface area contributed by atoms with Gasteiger partial charge < -0.3 is 9.84 Å². The Kier molecular flexibility index (Phi) is 3.91. The van der Waals surface area contributed by atoms with Gasteiger partial charge in [-0.15, -0.1) is 0 Å². The molecule has 3 nitrogen and oxygen atoms in total. The van der Waals surface area contributed by atoms with E-state index in [1.165, 1.54) is 6.07 Å². The molecular weight excluding hydrogens is 260 g/mol. The number of aromatic carboxylic acids is 1. The second-order valence-corrected chi connectivity index (χ2v) is 3.92. The fourth-order valence-corrected chi connectivity index (χ4v) is 1.36. The van der Waals surface area contributed by atoms with E-state index < -0.39 is 5.97 Å². The van der Waals surface area contributed by atoms with Crippen molar-refractivity contribution in [3.63, 3.8) is 0 Å². The summed E-state index contributed by atoms with van der Waals surface area (Å²) in [6, 6.07) is 4.79. The van der Waals surface area contributed by atoms with Crippen LogP contribution in [0.5, 0.6) is 5.75 Å². The molecule has 0 aliphatic rings. The third kappa shape index (κ3) is 3.09. The zero-order chi connectivity index (χ0) is 11.4. The number of rotatable bonds is 4. The molecule has 0 saturated carbocycles. The summed E-state index contributed by atoms with van der Waals surface area (Å²) in [4.78, 5) is 10.9. The molecule has 0 fully saturated rings. The average molecular weight is 271 g/mol. The van der Waals surface area contributed by atoms with Gasteiger partial charge in [-0.25, -0.2) is 4.79 Å². The molecule has 15 heavy (non-hydrogen) atoms. The fourth-order valence-electron chi connectivity index (χ4n) is 1.02. The Hall–Kier alpha value is -1.29. The summed E-state index contributed by atoms with van der Waals surface area (Å²) in [5, 5.41) is 8.92. The highest BCUT2D eigenvalue weighted by atomic mass is 79.9. The highest BCUT2D eigenvalue weighted by Gasteiger charge is 2.12. The Bertz CT molecular complexity index is 387. The minimum Gasteiger partial charge on any atom is -0.486 e. The first-order valence-corrected chi connectivity index (χ1v) is 5.16. The number of ether oxygens (including phenoxy) is 1. The summed E-state index contributed by atoms with van der Waals surface area (Å²) in [5.41, 5.74) is 0.145. The van der Waals surface area contributed by atoms with E-state index in [1.807, 2.05) is 0 Å². The van der Waals surface area contributed by atoms with Gasteiger partial charge in [0.25, 0.3) is 0 Å². The average Bonchev–Trinajstić information content (AvgIpc) is 2.17. The van der Waals surface area contributed by atoms with Gasteiger partial charge in [-0.3, -0.25) is 0 Å². The van der Waals surface area contributed by atoms with Crippen molar-refractivity contribution in [2.45, 2.75) is 13.0 Å². The Morgan fingerprint density at radius 3 is 2.87 bits per heavy atom. The predicted molar refractivity (Wildman–Crippen MR) is 61.4 cm³/mol. The number of carbonyl (C=O) groups is 1. The number of benzene rings is 1. The van der Waals surface area contributed by atoms with Crippen LogP contribution >= 0.6 is 15.9 Å². The highest BCUT2D eigenvalue weighted by molar-refractivity contribution is 9.10. The van der Waals surface area contributed by atoms with Crippen molar-refractivity contribution in [1.29, 1.82) is 0 Å². The molecule has 0 aliphatic heterocycles. The lowest BCUT2D eigenvalue weighted by atomic mass is 10.2. The van der Waals surface area contributed by atoms with Gasteiger partial charge in [0.2, 0.25) is 0 Å². The van der Waals surface area contributed by atoms with Crippen molar-refractivity contribution in [2.24, 2.45) is 0 Å². The SMILES string of the molecule is C=CC(C)Oc1cc(Br)ccc1C(=O)O. The van der Waals surface area contributed by atoms with Crippen LogP contribution < -0.4 is 4.74 Å². The van der Waals surface area contributed by atoms with Crippen LogP contribution in [-0.4, -0.2) is 17.2 Å². The van der Waals surface area contributed by atoms with Gasteiger partial charge >= 0.3 is 5.97 Å². The molecule has 0 aromatic heterocycles. The van der Waals surface area contributed by atoms with Gasteiger partial charge in [0.1, 0.15) is 17.4 Å². The molecule has 0 saturated heterocycles. The summed E-state index contributed by atoms with van der Waals surface area (Å²) >= 11 is 3.26. The molecule has 1 N–H and O–H groups in total. The van der Waals surface area contributed by atoms with Gasteiger partial charge in [0.05, 0.1) is 0 Å². The van der Waals surface area contributed by atoms with Gasteiger partial charge in [-0.1, -0.05) is 28.6 Å². The third-order valence-corrected chi connectivity index (χ3v) is 2.31. The van der Waals surface area contributed by atoms with E-state index in [4.69, 9.17) is 9.84 Å². The Balaban J connectivity index is 3.07. The lowest BCUT2D eigenvalue weighted by Gasteiger charge is -2.12. The van der Waals surface area contributed by atoms with Crippen molar-refractivity contribution in [1.82, 2.24) is 0 Å². The summed E-state index contributed by atoms with van der Waals surface area (Å²) in [5.74, 6) is -0.668. The molecule has 0 aliphatic carbocycles. The first-order chi connectivity index (χ1) is 7.04. The van der Waals surface area contributed by atoms with Crippen LogP contribution in [0.4, 0.5) is 0 Å².